The fourth-order valence-corrected chi connectivity index (χ4v) is 4.12. The Labute approximate surface area is 172 Å². The number of hydrogen-bond acceptors (Lipinski definition) is 7. The molecule has 1 fully saturated rings. The molecular formula is C22H18N6O2. The number of nitrogens with one attached hydrogen (secondary N) is 2. The minimum absolute atomic E-state index is 0.129. The molecule has 0 amide bonds. The molecule has 0 radical (unpaired) electrons. The Morgan fingerprint density at radius 1 is 1.27 bits per heavy atom. The summed E-state index contributed by atoms with van der Waals surface area (Å²) in [6.45, 7) is 2.07. The third-order valence-corrected chi connectivity index (χ3v) is 5.67. The Morgan fingerprint density at radius 2 is 2.13 bits per heavy atom. The Hall–Kier alpha value is -3.99. The Kier molecular flexibility index (Phi) is 4.10. The van der Waals surface area contributed by atoms with Gasteiger partial charge in [0.25, 0.3) is 0 Å². The zero-order chi connectivity index (χ0) is 20.8. The number of carbonyl (C=O) groups is 1. The number of aliphatic imine (C=N–C) groups is 1. The van der Waals surface area contributed by atoms with Gasteiger partial charge in [-0.05, 0) is 36.8 Å². The summed E-state index contributed by atoms with van der Waals surface area (Å²) in [6, 6.07) is 11.8. The maximum Gasteiger partial charge on any atom is 0.316 e. The average molecular weight is 398 g/mol. The van der Waals surface area contributed by atoms with Crippen molar-refractivity contribution in [2.24, 2.45) is 10.9 Å². The highest BCUT2D eigenvalue weighted by molar-refractivity contribution is 6.12. The van der Waals surface area contributed by atoms with Crippen LogP contribution < -0.4 is 5.32 Å². The van der Waals surface area contributed by atoms with E-state index in [0.29, 0.717) is 22.7 Å². The lowest BCUT2D eigenvalue weighted by Crippen LogP contribution is -2.29. The summed E-state index contributed by atoms with van der Waals surface area (Å²) in [5.74, 6) is -1.45. The van der Waals surface area contributed by atoms with E-state index in [2.05, 4.69) is 31.6 Å². The molecule has 5 rings (SSSR count). The van der Waals surface area contributed by atoms with Crippen LogP contribution in [-0.4, -0.2) is 40.5 Å². The molecule has 0 aliphatic carbocycles. The van der Waals surface area contributed by atoms with Gasteiger partial charge in [-0.15, -0.1) is 0 Å². The van der Waals surface area contributed by atoms with Gasteiger partial charge >= 0.3 is 5.97 Å². The fourth-order valence-electron chi connectivity index (χ4n) is 4.12. The molecular weight excluding hydrogens is 380 g/mol. The van der Waals surface area contributed by atoms with Crippen LogP contribution in [0.3, 0.4) is 0 Å². The van der Waals surface area contributed by atoms with Crippen LogP contribution in [-0.2, 0) is 9.53 Å². The van der Waals surface area contributed by atoms with Gasteiger partial charge in [-0.3, -0.25) is 14.9 Å². The van der Waals surface area contributed by atoms with Crippen molar-refractivity contribution in [3.63, 3.8) is 0 Å². The Bertz CT molecular complexity index is 1280. The second-order valence-electron chi connectivity index (χ2n) is 7.35. The summed E-state index contributed by atoms with van der Waals surface area (Å²) < 4.78 is 5.31. The monoisotopic (exact) mass is 398 g/mol. The first kappa shape index (κ1) is 18.1. The number of aromatic amines is 1. The lowest BCUT2D eigenvalue weighted by molar-refractivity contribution is -0.141. The van der Waals surface area contributed by atoms with Crippen LogP contribution in [0.5, 0.6) is 0 Å². The van der Waals surface area contributed by atoms with Crippen molar-refractivity contribution in [1.29, 1.82) is 5.26 Å². The predicted octanol–water partition coefficient (Wildman–Crippen LogP) is 2.95. The second kappa shape index (κ2) is 6.81. The van der Waals surface area contributed by atoms with Crippen LogP contribution in [0.2, 0.25) is 0 Å². The molecule has 1 saturated heterocycles. The van der Waals surface area contributed by atoms with Crippen molar-refractivity contribution >= 4 is 34.0 Å². The van der Waals surface area contributed by atoms with E-state index in [9.17, 15) is 10.1 Å². The molecule has 8 heteroatoms. The SMILES string of the molecule is CNc1ccc(C2=C(C#N)C(c3ccc4n[nH]c(C)c4c3)C3C(=O)OCC3=N2)nc1. The Morgan fingerprint density at radius 3 is 2.87 bits per heavy atom. The number of cyclic esters (lactones) is 1. The van der Waals surface area contributed by atoms with Crippen LogP contribution in [0.15, 0.2) is 47.1 Å². The molecule has 8 nitrogen and oxygen atoms in total. The first-order valence-corrected chi connectivity index (χ1v) is 9.58. The molecule has 2 atom stereocenters. The summed E-state index contributed by atoms with van der Waals surface area (Å²) in [5, 5.41) is 21.3. The third kappa shape index (κ3) is 2.67. The normalized spacial score (nSPS) is 20.6. The number of rotatable bonds is 3. The largest absolute Gasteiger partial charge is 0.459 e. The molecule has 2 aliphatic heterocycles. The molecule has 30 heavy (non-hydrogen) atoms. The molecule has 4 heterocycles. The summed E-state index contributed by atoms with van der Waals surface area (Å²) in [6.07, 6.45) is 1.69. The molecule has 0 saturated carbocycles. The summed E-state index contributed by atoms with van der Waals surface area (Å²) in [7, 11) is 1.81. The topological polar surface area (TPSA) is 116 Å². The van der Waals surface area contributed by atoms with E-state index >= 15 is 0 Å². The number of carbonyl (C=O) groups excluding carboxylic acids is 1. The highest BCUT2D eigenvalue weighted by atomic mass is 16.5. The highest BCUT2D eigenvalue weighted by Crippen LogP contribution is 2.44. The van der Waals surface area contributed by atoms with Crippen molar-refractivity contribution in [2.75, 3.05) is 19.0 Å². The first-order chi connectivity index (χ1) is 14.6. The van der Waals surface area contributed by atoms with E-state index < -0.39 is 11.8 Å². The molecule has 2 unspecified atom stereocenters. The number of anilines is 1. The number of H-pyrrole nitrogens is 1. The van der Waals surface area contributed by atoms with E-state index in [-0.39, 0.29) is 12.6 Å². The Balaban J connectivity index is 1.72. The number of hydrogen-bond donors (Lipinski definition) is 2. The quantitative estimate of drug-likeness (QED) is 0.655. The van der Waals surface area contributed by atoms with E-state index in [1.807, 2.05) is 44.3 Å². The van der Waals surface area contributed by atoms with Crippen LogP contribution in [0.25, 0.3) is 16.6 Å². The van der Waals surface area contributed by atoms with Gasteiger partial charge in [0.05, 0.1) is 40.4 Å². The minimum Gasteiger partial charge on any atom is -0.459 e. The number of benzene rings is 1. The van der Waals surface area contributed by atoms with Gasteiger partial charge < -0.3 is 10.1 Å². The first-order valence-electron chi connectivity index (χ1n) is 9.58. The number of aromatic nitrogens is 3. The zero-order valence-electron chi connectivity index (χ0n) is 16.4. The van der Waals surface area contributed by atoms with Gasteiger partial charge in [0.2, 0.25) is 0 Å². The lowest BCUT2D eigenvalue weighted by Gasteiger charge is -2.26. The molecule has 0 spiro atoms. The minimum atomic E-state index is -0.607. The van der Waals surface area contributed by atoms with Crippen molar-refractivity contribution in [3.8, 4) is 6.07 Å². The number of esters is 1. The number of aryl methyl sites for hydroxylation is 1. The van der Waals surface area contributed by atoms with Crippen molar-refractivity contribution in [2.45, 2.75) is 12.8 Å². The molecule has 148 valence electrons. The van der Waals surface area contributed by atoms with Gasteiger partial charge in [0, 0.05) is 24.0 Å². The van der Waals surface area contributed by atoms with Crippen molar-refractivity contribution in [1.82, 2.24) is 15.2 Å². The lowest BCUT2D eigenvalue weighted by atomic mass is 9.76. The number of pyridine rings is 1. The maximum absolute atomic E-state index is 12.6. The molecule has 0 bridgehead atoms. The van der Waals surface area contributed by atoms with E-state index in [0.717, 1.165) is 27.8 Å². The van der Waals surface area contributed by atoms with Crippen LogP contribution in [0.1, 0.15) is 22.9 Å². The van der Waals surface area contributed by atoms with Crippen LogP contribution in [0.4, 0.5) is 5.69 Å². The predicted molar refractivity (Wildman–Crippen MR) is 112 cm³/mol. The van der Waals surface area contributed by atoms with Gasteiger partial charge in [-0.1, -0.05) is 6.07 Å². The van der Waals surface area contributed by atoms with Gasteiger partial charge in [-0.2, -0.15) is 10.4 Å². The third-order valence-electron chi connectivity index (χ3n) is 5.67. The van der Waals surface area contributed by atoms with Crippen LogP contribution in [0, 0.1) is 24.2 Å². The van der Waals surface area contributed by atoms with Gasteiger partial charge in [-0.25, -0.2) is 4.99 Å². The molecule has 2 aromatic heterocycles. The van der Waals surface area contributed by atoms with Crippen molar-refractivity contribution < 1.29 is 9.53 Å². The highest BCUT2D eigenvalue weighted by Gasteiger charge is 2.46. The maximum atomic E-state index is 12.6. The van der Waals surface area contributed by atoms with Gasteiger partial charge in [0.1, 0.15) is 18.2 Å². The molecule has 1 aromatic carbocycles. The molecule has 2 N–H and O–H groups in total. The average Bonchev–Trinajstić information content (AvgIpc) is 3.34. The molecule has 3 aromatic rings. The van der Waals surface area contributed by atoms with Crippen LogP contribution >= 0.6 is 0 Å². The summed E-state index contributed by atoms with van der Waals surface area (Å²) >= 11 is 0. The van der Waals surface area contributed by atoms with Crippen molar-refractivity contribution in [3.05, 3.63) is 59.1 Å². The number of nitriles is 1. The smallest absolute Gasteiger partial charge is 0.316 e. The number of ether oxygens (including phenoxy) is 1. The number of nitrogens with zero attached hydrogens (tertiary/aromatic N) is 4. The van der Waals surface area contributed by atoms with E-state index in [4.69, 9.17) is 4.74 Å². The number of allylic oxidation sites excluding steroid dienone is 1. The number of fused-ring (bicyclic) bond motifs is 2. The van der Waals surface area contributed by atoms with E-state index in [1.54, 1.807) is 6.20 Å². The molecule has 2 aliphatic rings. The van der Waals surface area contributed by atoms with E-state index in [1.165, 1.54) is 0 Å². The summed E-state index contributed by atoms with van der Waals surface area (Å²) in [4.78, 5) is 21.7. The second-order valence-corrected chi connectivity index (χ2v) is 7.35. The van der Waals surface area contributed by atoms with Gasteiger partial charge in [0.15, 0.2) is 0 Å². The standard InChI is InChI=1S/C22H18N6O2/c1-11-14-7-12(3-5-16(14)28-27-11)19-15(8-23)21(17-6-4-13(24-2)9-25-17)26-18-10-30-22(29)20(18)19/h3-7,9,19-20,24H,10H2,1-2H3,(H,27,28). The summed E-state index contributed by atoms with van der Waals surface area (Å²) in [5.41, 5.74) is 5.58. The fraction of sp³-hybridized carbons (Fsp3) is 0.227. The zero-order valence-corrected chi connectivity index (χ0v) is 16.4.